The lowest BCUT2D eigenvalue weighted by atomic mass is 9.90. The van der Waals surface area contributed by atoms with Crippen LogP contribution >= 0.6 is 0 Å². The van der Waals surface area contributed by atoms with E-state index in [1.807, 2.05) is 0 Å². The molecule has 0 fully saturated rings. The predicted molar refractivity (Wildman–Crippen MR) is 60.5 cm³/mol. The maximum Gasteiger partial charge on any atom is 0.284 e. The van der Waals surface area contributed by atoms with E-state index < -0.39 is 0 Å². The molecule has 2 aliphatic rings. The lowest BCUT2D eigenvalue weighted by Gasteiger charge is -2.15. The minimum atomic E-state index is -0.299. The van der Waals surface area contributed by atoms with Gasteiger partial charge < -0.3 is 0 Å². The summed E-state index contributed by atoms with van der Waals surface area (Å²) in [6.07, 6.45) is 3.90. The molecule has 0 spiro atoms. The van der Waals surface area contributed by atoms with E-state index in [9.17, 15) is 9.59 Å². The van der Waals surface area contributed by atoms with Crippen LogP contribution in [0, 0.1) is 0 Å². The summed E-state index contributed by atoms with van der Waals surface area (Å²) in [6.45, 7) is 0. The van der Waals surface area contributed by atoms with E-state index in [1.165, 1.54) is 7.05 Å². The van der Waals surface area contributed by atoms with Gasteiger partial charge in [-0.2, -0.15) is 0 Å². The molecule has 0 unspecified atom stereocenters. The summed E-state index contributed by atoms with van der Waals surface area (Å²) in [7, 11) is 1.50. The van der Waals surface area contributed by atoms with Crippen molar-refractivity contribution in [2.45, 2.75) is 25.7 Å². The molecule has 1 aliphatic heterocycles. The number of hydrogen-bond acceptors (Lipinski definition) is 3. The molecule has 1 aromatic rings. The van der Waals surface area contributed by atoms with Crippen LogP contribution in [0.3, 0.4) is 0 Å². The number of imide groups is 1. The monoisotopic (exact) mass is 232 g/mol. The Hall–Kier alpha value is -1.91. The standard InChI is InChI=1S/C12H13N3O2/c1-15-11(16)8-6-4-2-3-5-7(6)14-10(13)9(8)12(15)17/h2-5H2,1H3,(H2,13,14)/p+1. The Morgan fingerprint density at radius 2 is 1.76 bits per heavy atom. The minimum Gasteiger partial charge on any atom is -0.286 e. The molecule has 0 bridgehead atoms. The van der Waals surface area contributed by atoms with Gasteiger partial charge in [0.25, 0.3) is 17.6 Å². The molecule has 2 heterocycles. The van der Waals surface area contributed by atoms with Gasteiger partial charge in [0.15, 0.2) is 0 Å². The third kappa shape index (κ3) is 1.22. The van der Waals surface area contributed by atoms with Gasteiger partial charge >= 0.3 is 0 Å². The molecule has 1 aliphatic carbocycles. The highest BCUT2D eigenvalue weighted by Crippen LogP contribution is 2.31. The van der Waals surface area contributed by atoms with E-state index in [4.69, 9.17) is 5.73 Å². The Kier molecular flexibility index (Phi) is 1.98. The van der Waals surface area contributed by atoms with Crippen LogP contribution in [0.5, 0.6) is 0 Å². The fraction of sp³-hybridized carbons (Fsp3) is 0.417. The average Bonchev–Trinajstić information content (AvgIpc) is 2.55. The molecule has 0 aromatic carbocycles. The number of amides is 2. The molecule has 0 saturated carbocycles. The molecule has 3 rings (SSSR count). The fourth-order valence-corrected chi connectivity index (χ4v) is 2.72. The number of aromatic amines is 1. The largest absolute Gasteiger partial charge is 0.286 e. The quantitative estimate of drug-likeness (QED) is 0.648. The number of nitrogen functional groups attached to an aromatic ring is 1. The molecule has 5 nitrogen and oxygen atoms in total. The normalized spacial score (nSPS) is 18.3. The van der Waals surface area contributed by atoms with Crippen molar-refractivity contribution < 1.29 is 14.6 Å². The predicted octanol–water partition coefficient (Wildman–Crippen LogP) is 0.188. The van der Waals surface area contributed by atoms with Crippen molar-refractivity contribution in [3.63, 3.8) is 0 Å². The highest BCUT2D eigenvalue weighted by molar-refractivity contribution is 6.23. The van der Waals surface area contributed by atoms with Crippen molar-refractivity contribution in [2.75, 3.05) is 12.8 Å². The zero-order chi connectivity index (χ0) is 12.2. The van der Waals surface area contributed by atoms with Crippen molar-refractivity contribution in [1.29, 1.82) is 0 Å². The van der Waals surface area contributed by atoms with E-state index in [1.54, 1.807) is 0 Å². The number of nitrogens with one attached hydrogen (secondary N) is 1. The van der Waals surface area contributed by atoms with Gasteiger partial charge in [-0.25, -0.2) is 4.98 Å². The molecular formula is C12H14N3O2+. The number of nitrogens with two attached hydrogens (primary N) is 1. The second kappa shape index (κ2) is 3.29. The fourth-order valence-electron chi connectivity index (χ4n) is 2.72. The third-order valence-corrected chi connectivity index (χ3v) is 3.61. The Labute approximate surface area is 98.6 Å². The third-order valence-electron chi connectivity index (χ3n) is 3.61. The number of hydrogen-bond donors (Lipinski definition) is 1. The van der Waals surface area contributed by atoms with Crippen LogP contribution in [0.4, 0.5) is 5.82 Å². The van der Waals surface area contributed by atoms with Gasteiger partial charge in [-0.05, 0) is 19.3 Å². The van der Waals surface area contributed by atoms with Crippen LogP contribution in [0.25, 0.3) is 0 Å². The van der Waals surface area contributed by atoms with Gasteiger partial charge in [-0.1, -0.05) is 0 Å². The Morgan fingerprint density at radius 3 is 2.53 bits per heavy atom. The van der Waals surface area contributed by atoms with Gasteiger partial charge in [-0.15, -0.1) is 0 Å². The van der Waals surface area contributed by atoms with E-state index >= 15 is 0 Å². The topological polar surface area (TPSA) is 77.5 Å². The second-order valence-corrected chi connectivity index (χ2v) is 4.62. The van der Waals surface area contributed by atoms with Crippen LogP contribution in [-0.4, -0.2) is 23.8 Å². The minimum absolute atomic E-state index is 0.219. The summed E-state index contributed by atoms with van der Waals surface area (Å²) in [5.74, 6) is -0.195. The summed E-state index contributed by atoms with van der Waals surface area (Å²) in [4.78, 5) is 28.2. The summed E-state index contributed by atoms with van der Waals surface area (Å²) in [5.41, 5.74) is 8.75. The Morgan fingerprint density at radius 1 is 1.12 bits per heavy atom. The first-order valence-electron chi connectivity index (χ1n) is 5.80. The average molecular weight is 232 g/mol. The van der Waals surface area contributed by atoms with Crippen LogP contribution in [-0.2, 0) is 12.8 Å². The number of carbonyl (C=O) groups excluding carboxylic acids is 2. The van der Waals surface area contributed by atoms with Gasteiger partial charge in [0, 0.05) is 19.0 Å². The first kappa shape index (κ1) is 10.3. The number of anilines is 1. The van der Waals surface area contributed by atoms with Crippen molar-refractivity contribution in [3.05, 3.63) is 22.4 Å². The second-order valence-electron chi connectivity index (χ2n) is 4.62. The van der Waals surface area contributed by atoms with Gasteiger partial charge in [0.2, 0.25) is 0 Å². The number of H-pyrrole nitrogens is 1. The van der Waals surface area contributed by atoms with Crippen LogP contribution in [0.15, 0.2) is 0 Å². The molecule has 5 heteroatoms. The molecule has 17 heavy (non-hydrogen) atoms. The molecule has 88 valence electrons. The van der Waals surface area contributed by atoms with Crippen LogP contribution in [0.2, 0.25) is 0 Å². The Balaban J connectivity index is 2.32. The summed E-state index contributed by atoms with van der Waals surface area (Å²) < 4.78 is 0. The zero-order valence-corrected chi connectivity index (χ0v) is 9.67. The highest BCUT2D eigenvalue weighted by Gasteiger charge is 2.41. The van der Waals surface area contributed by atoms with Gasteiger partial charge in [0.1, 0.15) is 11.3 Å². The van der Waals surface area contributed by atoms with Crippen molar-refractivity contribution in [3.8, 4) is 0 Å². The number of fused-ring (bicyclic) bond motifs is 3. The van der Waals surface area contributed by atoms with Gasteiger partial charge in [-0.3, -0.25) is 20.2 Å². The van der Waals surface area contributed by atoms with E-state index in [2.05, 4.69) is 4.98 Å². The lowest BCUT2D eigenvalue weighted by molar-refractivity contribution is -0.374. The zero-order valence-electron chi connectivity index (χ0n) is 9.67. The van der Waals surface area contributed by atoms with Crippen molar-refractivity contribution >= 4 is 17.6 Å². The lowest BCUT2D eigenvalue weighted by Crippen LogP contribution is -2.26. The molecule has 0 atom stereocenters. The maximum absolute atomic E-state index is 12.1. The molecule has 0 radical (unpaired) electrons. The molecule has 1 aromatic heterocycles. The number of pyridine rings is 1. The van der Waals surface area contributed by atoms with E-state index in [0.29, 0.717) is 16.9 Å². The SMILES string of the molecule is CN1C(=O)c2c(N)[nH+]c3c(c2C1=O)CCCC3. The van der Waals surface area contributed by atoms with Crippen LogP contribution < -0.4 is 10.7 Å². The van der Waals surface area contributed by atoms with E-state index in [0.717, 1.165) is 41.8 Å². The molecular weight excluding hydrogens is 218 g/mol. The molecule has 0 saturated heterocycles. The summed E-state index contributed by atoms with van der Waals surface area (Å²) in [6, 6.07) is 0. The maximum atomic E-state index is 12.1. The summed E-state index contributed by atoms with van der Waals surface area (Å²) >= 11 is 0. The van der Waals surface area contributed by atoms with Crippen molar-refractivity contribution in [2.24, 2.45) is 0 Å². The first-order valence-corrected chi connectivity index (χ1v) is 5.80. The van der Waals surface area contributed by atoms with Crippen molar-refractivity contribution in [1.82, 2.24) is 4.90 Å². The number of nitrogens with zero attached hydrogens (tertiary/aromatic N) is 1. The number of rotatable bonds is 0. The number of carbonyl (C=O) groups is 2. The Bertz CT molecular complexity index is 551. The number of aromatic nitrogens is 1. The molecule has 3 N–H and O–H groups in total. The summed E-state index contributed by atoms with van der Waals surface area (Å²) in [5, 5.41) is 0. The van der Waals surface area contributed by atoms with E-state index in [-0.39, 0.29) is 11.8 Å². The first-order chi connectivity index (χ1) is 8.11. The van der Waals surface area contributed by atoms with Gasteiger partial charge in [0.05, 0.1) is 5.56 Å². The van der Waals surface area contributed by atoms with Crippen LogP contribution in [0.1, 0.15) is 44.8 Å². The smallest absolute Gasteiger partial charge is 0.284 e. The molecule has 2 amide bonds. The number of aryl methyl sites for hydroxylation is 1. The highest BCUT2D eigenvalue weighted by atomic mass is 16.2.